The molecular weight excluding hydrogens is 706 g/mol. The van der Waals surface area contributed by atoms with Crippen LogP contribution in [-0.4, -0.2) is 67.8 Å². The maximum absolute atomic E-state index is 14.2. The standard InChI is InChI=1S/C32H34F5N7O4S2/c1-5-23-27(41-14-16-42(17-15-41)31(47)48-32(2,3)4)29(46)44-30(39-28(40-44)25-18-20-8-6-7-9-24(20)49-25)43(23)19-26(45)38-21-10-12-22(13-11-21)50(33,34,35,36)37/h6-13,18H,5,14-17,19H2,1-4H3,(H,38,45). The summed E-state index contributed by atoms with van der Waals surface area (Å²) in [4.78, 5) is 46.9. The average molecular weight is 740 g/mol. The molecule has 18 heteroatoms. The first-order valence-corrected chi connectivity index (χ1v) is 18.4. The number of carbonyl (C=O) groups excluding carboxylic acids is 2. The molecule has 0 saturated carbocycles. The number of rotatable bonds is 7. The molecule has 0 unspecified atom stereocenters. The Labute approximate surface area is 287 Å². The van der Waals surface area contributed by atoms with Crippen LogP contribution in [0.25, 0.3) is 26.6 Å². The zero-order chi connectivity index (χ0) is 36.3. The van der Waals surface area contributed by atoms with Crippen molar-refractivity contribution in [1.29, 1.82) is 0 Å². The second kappa shape index (κ2) is 11.7. The smallest absolute Gasteiger partial charge is 0.410 e. The van der Waals surface area contributed by atoms with Crippen LogP contribution in [0, 0.1) is 0 Å². The summed E-state index contributed by atoms with van der Waals surface area (Å²) < 4.78 is 75.3. The summed E-state index contributed by atoms with van der Waals surface area (Å²) in [5.74, 6) is -0.405. The molecule has 0 atom stereocenters. The summed E-state index contributed by atoms with van der Waals surface area (Å²) in [5.41, 5.74) is -0.610. The number of hydrogen-bond donors (Lipinski definition) is 1. The Morgan fingerprint density at radius 2 is 1.64 bits per heavy atom. The van der Waals surface area contributed by atoms with Crippen molar-refractivity contribution in [3.8, 4) is 10.7 Å². The molecule has 3 aromatic heterocycles. The van der Waals surface area contributed by atoms with Gasteiger partial charge in [-0.15, -0.1) is 16.4 Å². The zero-order valence-electron chi connectivity index (χ0n) is 27.5. The van der Waals surface area contributed by atoms with Gasteiger partial charge in [0, 0.05) is 36.6 Å². The molecule has 6 rings (SSSR count). The first kappa shape index (κ1) is 35.1. The van der Waals surface area contributed by atoms with Crippen LogP contribution < -0.4 is 15.8 Å². The predicted molar refractivity (Wildman–Crippen MR) is 184 cm³/mol. The predicted octanol–water partition coefficient (Wildman–Crippen LogP) is 7.69. The Hall–Kier alpha value is -4.71. The monoisotopic (exact) mass is 739 g/mol. The van der Waals surface area contributed by atoms with E-state index in [1.165, 1.54) is 15.9 Å². The van der Waals surface area contributed by atoms with Gasteiger partial charge >= 0.3 is 16.3 Å². The Morgan fingerprint density at radius 1 is 0.980 bits per heavy atom. The van der Waals surface area contributed by atoms with Gasteiger partial charge in [0.15, 0.2) is 5.82 Å². The SMILES string of the molecule is CCc1c(N2CCN(C(=O)OC(C)(C)C)CC2)c(=O)n2nc(-c3cc4ccccc4s3)nc2n1CC(=O)Nc1ccc(S(F)(F)(F)(F)F)cc1. The summed E-state index contributed by atoms with van der Waals surface area (Å²) in [6.45, 7) is 7.73. The molecule has 1 aliphatic heterocycles. The van der Waals surface area contributed by atoms with Gasteiger partial charge in [-0.05, 0) is 69.0 Å². The Kier molecular flexibility index (Phi) is 8.21. The normalized spacial score (nSPS) is 15.6. The highest BCUT2D eigenvalue weighted by Crippen LogP contribution is 3.02. The minimum absolute atomic E-state index is 0.0573. The van der Waals surface area contributed by atoms with Crippen molar-refractivity contribution < 1.29 is 33.8 Å². The van der Waals surface area contributed by atoms with Gasteiger partial charge in [0.25, 0.3) is 5.56 Å². The third kappa shape index (κ3) is 7.26. The molecule has 1 saturated heterocycles. The van der Waals surface area contributed by atoms with Gasteiger partial charge in [-0.2, -0.15) is 9.50 Å². The van der Waals surface area contributed by atoms with E-state index in [4.69, 9.17) is 4.74 Å². The Balaban J connectivity index is 1.38. The number of ether oxygens (including phenoxy) is 1. The van der Waals surface area contributed by atoms with Crippen LogP contribution in [0.15, 0.2) is 64.3 Å². The highest BCUT2D eigenvalue weighted by molar-refractivity contribution is 8.45. The van der Waals surface area contributed by atoms with Gasteiger partial charge in [-0.25, -0.2) is 4.79 Å². The summed E-state index contributed by atoms with van der Waals surface area (Å²) >= 11 is 1.42. The van der Waals surface area contributed by atoms with Gasteiger partial charge < -0.3 is 24.4 Å². The van der Waals surface area contributed by atoms with Crippen molar-refractivity contribution in [1.82, 2.24) is 24.1 Å². The lowest BCUT2D eigenvalue weighted by Gasteiger charge is -2.40. The number of thiophene rings is 1. The second-order valence-electron chi connectivity index (χ2n) is 12.8. The number of nitrogens with zero attached hydrogens (tertiary/aromatic N) is 6. The largest absolute Gasteiger partial charge is 0.444 e. The molecule has 0 aliphatic carbocycles. The fourth-order valence-corrected chi connectivity index (χ4v) is 7.35. The Bertz CT molecular complexity index is 2150. The molecule has 5 aromatic rings. The van der Waals surface area contributed by atoms with Crippen LogP contribution >= 0.6 is 21.6 Å². The van der Waals surface area contributed by atoms with Gasteiger partial charge in [0.1, 0.15) is 22.7 Å². The highest BCUT2D eigenvalue weighted by Gasteiger charge is 2.65. The van der Waals surface area contributed by atoms with Gasteiger partial charge in [0.2, 0.25) is 11.7 Å². The van der Waals surface area contributed by atoms with Crippen molar-refractivity contribution in [2.75, 3.05) is 36.4 Å². The van der Waals surface area contributed by atoms with Crippen molar-refractivity contribution in [2.24, 2.45) is 0 Å². The molecule has 1 aliphatic rings. The van der Waals surface area contributed by atoms with E-state index in [0.717, 1.165) is 26.7 Å². The number of hydrogen-bond acceptors (Lipinski definition) is 8. The molecule has 2 aromatic carbocycles. The van der Waals surface area contributed by atoms with Gasteiger partial charge in [0.05, 0.1) is 10.6 Å². The lowest BCUT2D eigenvalue weighted by atomic mass is 10.2. The molecule has 1 fully saturated rings. The molecule has 50 heavy (non-hydrogen) atoms. The van der Waals surface area contributed by atoms with Crippen LogP contribution in [0.1, 0.15) is 33.4 Å². The molecule has 1 N–H and O–H groups in total. The number of anilines is 2. The number of benzene rings is 2. The van der Waals surface area contributed by atoms with E-state index in [1.54, 1.807) is 32.6 Å². The topological polar surface area (TPSA) is 114 Å². The number of fused-ring (bicyclic) bond motifs is 2. The van der Waals surface area contributed by atoms with E-state index < -0.39 is 44.8 Å². The maximum atomic E-state index is 14.2. The zero-order valence-corrected chi connectivity index (χ0v) is 29.1. The molecule has 11 nitrogen and oxygen atoms in total. The summed E-state index contributed by atoms with van der Waals surface area (Å²) in [6, 6.07) is 11.5. The third-order valence-corrected chi connectivity index (χ3v) is 10.2. The number of aromatic nitrogens is 4. The van der Waals surface area contributed by atoms with Crippen molar-refractivity contribution >= 4 is 60.8 Å². The molecule has 0 bridgehead atoms. The van der Waals surface area contributed by atoms with Crippen molar-refractivity contribution in [2.45, 2.75) is 51.2 Å². The van der Waals surface area contributed by atoms with E-state index in [-0.39, 0.29) is 67.7 Å². The highest BCUT2D eigenvalue weighted by atomic mass is 32.5. The van der Waals surface area contributed by atoms with E-state index in [9.17, 15) is 33.8 Å². The lowest BCUT2D eigenvalue weighted by molar-refractivity contribution is -0.116. The van der Waals surface area contributed by atoms with Crippen LogP contribution in [0.3, 0.4) is 0 Å². The fraction of sp³-hybridized carbons (Fsp3) is 0.344. The average Bonchev–Trinajstić information content (AvgIpc) is 3.66. The molecule has 2 amide bonds. The van der Waals surface area contributed by atoms with Crippen LogP contribution in [0.2, 0.25) is 0 Å². The van der Waals surface area contributed by atoms with E-state index in [1.807, 2.05) is 35.2 Å². The first-order chi connectivity index (χ1) is 23.2. The fourth-order valence-electron chi connectivity index (χ4n) is 5.70. The number of piperazine rings is 1. The number of nitrogens with one attached hydrogen (secondary N) is 1. The number of amides is 2. The van der Waals surface area contributed by atoms with E-state index in [0.29, 0.717) is 10.6 Å². The van der Waals surface area contributed by atoms with E-state index in [2.05, 4.69) is 15.4 Å². The third-order valence-electron chi connectivity index (χ3n) is 7.94. The van der Waals surface area contributed by atoms with E-state index >= 15 is 0 Å². The number of carbonyl (C=O) groups is 2. The van der Waals surface area contributed by atoms with Gasteiger partial charge in [-0.3, -0.25) is 9.59 Å². The minimum atomic E-state index is -9.90. The molecule has 268 valence electrons. The molecular formula is C32H34F5N7O4S2. The Morgan fingerprint density at radius 3 is 2.24 bits per heavy atom. The first-order valence-electron chi connectivity index (χ1n) is 15.6. The second-order valence-corrected chi connectivity index (χ2v) is 16.3. The maximum Gasteiger partial charge on any atom is 0.410 e. The quantitative estimate of drug-likeness (QED) is 0.170. The van der Waals surface area contributed by atoms with Gasteiger partial charge in [-0.1, -0.05) is 44.6 Å². The number of halogens is 5. The van der Waals surface area contributed by atoms with Crippen molar-refractivity contribution in [3.05, 3.63) is 70.6 Å². The summed E-state index contributed by atoms with van der Waals surface area (Å²) in [6.07, 6.45) is -0.208. The van der Waals surface area contributed by atoms with Crippen molar-refractivity contribution in [3.63, 3.8) is 0 Å². The molecule has 0 radical (unpaired) electrons. The molecule has 4 heterocycles. The molecule has 0 spiro atoms. The van der Waals surface area contributed by atoms with Crippen LogP contribution in [-0.2, 0) is 22.5 Å². The minimum Gasteiger partial charge on any atom is -0.444 e. The van der Waals surface area contributed by atoms with Crippen LogP contribution in [0.4, 0.5) is 35.6 Å². The van der Waals surface area contributed by atoms with Crippen LogP contribution in [0.5, 0.6) is 0 Å². The summed E-state index contributed by atoms with van der Waals surface area (Å²) in [5, 5.41) is 7.96. The lowest BCUT2D eigenvalue weighted by Crippen LogP contribution is -2.51. The summed E-state index contributed by atoms with van der Waals surface area (Å²) in [7, 11) is -9.90.